The molecule has 3 aromatic heterocycles. The Morgan fingerprint density at radius 2 is 1.59 bits per heavy atom. The van der Waals surface area contributed by atoms with Crippen LogP contribution in [0.2, 0.25) is 0 Å². The van der Waals surface area contributed by atoms with Gasteiger partial charge >= 0.3 is 18.0 Å². The molecule has 5 saturated carbocycles. The summed E-state index contributed by atoms with van der Waals surface area (Å²) in [6.07, 6.45) is 0.795. The molecule has 2 unspecified atom stereocenters. The van der Waals surface area contributed by atoms with E-state index in [-0.39, 0.29) is 99.8 Å². The van der Waals surface area contributed by atoms with E-state index >= 15 is 0 Å². The number of methoxy groups -OCH3 is 2. The number of carbonyl (C=O) groups excluding carboxylic acids is 6. The number of aliphatic carboxylic acids is 1. The minimum absolute atomic E-state index is 0.0271. The zero-order valence-electron chi connectivity index (χ0n) is 60.2. The summed E-state index contributed by atoms with van der Waals surface area (Å²) < 4.78 is 77.1. The quantitative estimate of drug-likeness (QED) is 0.0150. The summed E-state index contributed by atoms with van der Waals surface area (Å²) in [6.45, 7) is 2.71. The third-order valence-corrected chi connectivity index (χ3v) is 22.8. The maximum atomic E-state index is 14.2. The number of aromatic nitrogens is 4. The van der Waals surface area contributed by atoms with Gasteiger partial charge in [0, 0.05) is 117 Å². The molecule has 5 aliphatic carbocycles. The minimum atomic E-state index is -4.54. The van der Waals surface area contributed by atoms with Crippen molar-refractivity contribution in [1.82, 2.24) is 40.2 Å². The van der Waals surface area contributed by atoms with E-state index in [9.17, 15) is 76.9 Å². The number of aliphatic hydroxyl groups excluding tert-OH is 3. The standard InChI is InChI=1S/C74H88N10O23S2/c1-42-51(48-11-13-59(79-63(48)70(95)96)82-20-16-47-52(38-82)49(10-12-55(47)102-3)67(91)80-71-78-53-6-4-5-7-58(53)108-71)37-76-84(42)41-73-33-43-30-44(34-73)36-74(35-43,40-73)106-26-23-81(22-25-101-2)72(97)105-39-45-8-9-46(31-56(45)107-57-32-50(69(93)94)64(88)66(90)65(57)89)104-28-27-103-24-19-75-68(92)54(18-29-109(98,99)100)77-60(85)17-21-83-61(86)14-15-62(83)87/h4-15,31,37,43-44,50,54,57,64-66,88-90H,16-30,32-36,38-41H2,1-3H3,(H,75,92)(H,77,85)(H,93,94)(H,95,96)(H,78,80,91)(H,98,99,100)/t43?,44?,50-,54-,57+,64+,65-,66-,73?,74?/m0/s1. The number of aromatic carboxylic acids is 1. The fraction of sp³-hybridized carbons (Fsp3) is 0.500. The number of amides is 6. The number of anilines is 2. The smallest absolute Gasteiger partial charge is 0.410 e. The molecule has 35 heteroatoms. The van der Waals surface area contributed by atoms with Crippen molar-refractivity contribution in [3.05, 3.63) is 119 Å². The average Bonchev–Trinajstić information content (AvgIpc) is 1.06. The van der Waals surface area contributed by atoms with Crippen molar-refractivity contribution in [1.29, 1.82) is 0 Å². The molecule has 5 heterocycles. The van der Waals surface area contributed by atoms with E-state index < -0.39 is 125 Å². The van der Waals surface area contributed by atoms with Gasteiger partial charge < -0.3 is 79.1 Å². The lowest BCUT2D eigenvalue weighted by molar-refractivity contribution is -0.197. The molecule has 0 spiro atoms. The highest BCUT2D eigenvalue weighted by Gasteiger charge is 2.59. The van der Waals surface area contributed by atoms with E-state index in [2.05, 4.69) is 20.9 Å². The summed E-state index contributed by atoms with van der Waals surface area (Å²) in [6, 6.07) is 17.8. The number of nitrogens with one attached hydrogen (secondary N) is 3. The molecular formula is C74H88N10O23S2. The highest BCUT2D eigenvalue weighted by Crippen LogP contribution is 2.63. The van der Waals surface area contributed by atoms with Gasteiger partial charge in [-0.1, -0.05) is 23.5 Å². The number of pyridine rings is 1. The number of thiazole rings is 1. The van der Waals surface area contributed by atoms with Gasteiger partial charge in [-0.15, -0.1) is 0 Å². The Kier molecular flexibility index (Phi) is 24.6. The number of benzene rings is 3. The highest BCUT2D eigenvalue weighted by atomic mass is 32.2. The summed E-state index contributed by atoms with van der Waals surface area (Å²) in [7, 11) is -1.45. The topological polar surface area (TPSA) is 446 Å². The third kappa shape index (κ3) is 18.6. The Morgan fingerprint density at radius 3 is 2.31 bits per heavy atom. The first-order valence-electron chi connectivity index (χ1n) is 35.9. The fourth-order valence-electron chi connectivity index (χ4n) is 16.3. The van der Waals surface area contributed by atoms with Crippen LogP contribution in [0.25, 0.3) is 21.3 Å². The third-order valence-electron chi connectivity index (χ3n) is 21.1. The number of hydrogen-bond acceptors (Lipinski definition) is 25. The van der Waals surface area contributed by atoms with Gasteiger partial charge in [0.25, 0.3) is 27.8 Å². The first-order chi connectivity index (χ1) is 52.2. The second-order valence-corrected chi connectivity index (χ2v) is 31.1. The predicted octanol–water partition coefficient (Wildman–Crippen LogP) is 4.55. The molecule has 33 nitrogen and oxygen atoms in total. The molecule has 2 aliphatic heterocycles. The summed E-state index contributed by atoms with van der Waals surface area (Å²) in [5.74, 6) is -6.21. The van der Waals surface area contributed by atoms with E-state index in [1.165, 1.54) is 41.5 Å². The van der Waals surface area contributed by atoms with Crippen LogP contribution in [0.5, 0.6) is 17.2 Å². The Balaban J connectivity index is 0.661. The lowest BCUT2D eigenvalue weighted by Crippen LogP contribution is -2.58. The van der Waals surface area contributed by atoms with Gasteiger partial charge in [0.05, 0.1) is 73.3 Å². The Bertz CT molecular complexity index is 4500. The Labute approximate surface area is 630 Å². The molecule has 9 N–H and O–H groups in total. The molecule has 5 fully saturated rings. The molecule has 6 amide bonds. The number of nitrogens with zero attached hydrogens (tertiary/aromatic N) is 7. The lowest BCUT2D eigenvalue weighted by Gasteiger charge is -2.61. The number of ether oxygens (including phenoxy) is 7. The van der Waals surface area contributed by atoms with E-state index in [4.69, 9.17) is 43.2 Å². The second-order valence-electron chi connectivity index (χ2n) is 28.5. The number of rotatable bonds is 35. The average molecular weight is 1550 g/mol. The molecular weight excluding hydrogens is 1460 g/mol. The van der Waals surface area contributed by atoms with Crippen LogP contribution in [0.3, 0.4) is 0 Å². The number of carbonyl (C=O) groups is 8. The predicted molar refractivity (Wildman–Crippen MR) is 389 cm³/mol. The number of fused-ring (bicyclic) bond motifs is 2. The van der Waals surface area contributed by atoms with Crippen LogP contribution in [0.15, 0.2) is 85.1 Å². The SMILES string of the molecule is COCCN(CCOC12CC3CC(CC(Cn4ncc(-c5ccc(N6CCc7c(OC)ccc(C(=O)Nc8nc9ccccc9s8)c7C6)nc5C(=O)O)c4C)(C3)C1)C2)C(=O)OCc1ccc(OCCOCCNC(=O)[C@H](CCS(=O)(=O)O)NC(=O)CCN2C(=O)C=CC2=O)cc1O[C@@H]1C[C@H](C(=O)O)[C@@H](O)[C@H](O)[C@H]1O. The van der Waals surface area contributed by atoms with E-state index in [0.717, 1.165) is 82.6 Å². The Morgan fingerprint density at radius 1 is 0.826 bits per heavy atom. The van der Waals surface area contributed by atoms with Crippen molar-refractivity contribution in [2.45, 2.75) is 127 Å². The number of hydrogen-bond donors (Lipinski definition) is 9. The van der Waals surface area contributed by atoms with Crippen LogP contribution in [0.4, 0.5) is 15.7 Å². The van der Waals surface area contributed by atoms with Crippen LogP contribution in [-0.4, -0.2) is 237 Å². The number of carboxylic acid groups (broad SMARTS) is 2. The molecule has 6 aromatic rings. The zero-order chi connectivity index (χ0) is 77.5. The summed E-state index contributed by atoms with van der Waals surface area (Å²) in [5.41, 5.74) is 4.10. The molecule has 584 valence electrons. The summed E-state index contributed by atoms with van der Waals surface area (Å²) in [5, 5.41) is 66.3. The molecule has 13 rings (SSSR count). The summed E-state index contributed by atoms with van der Waals surface area (Å²) >= 11 is 1.38. The number of aliphatic hydroxyl groups is 3. The number of imide groups is 1. The number of carboxylic acids is 2. The van der Waals surface area contributed by atoms with Crippen molar-refractivity contribution in [3.8, 4) is 28.4 Å². The van der Waals surface area contributed by atoms with Gasteiger partial charge in [0.15, 0.2) is 10.8 Å². The monoisotopic (exact) mass is 1550 g/mol. The molecule has 109 heavy (non-hydrogen) atoms. The second kappa shape index (κ2) is 34.0. The normalized spacial score (nSPS) is 23.0. The maximum absolute atomic E-state index is 14.2. The largest absolute Gasteiger partial charge is 0.496 e. The maximum Gasteiger partial charge on any atom is 0.410 e. The highest BCUT2D eigenvalue weighted by molar-refractivity contribution is 7.85. The van der Waals surface area contributed by atoms with Crippen molar-refractivity contribution in [2.75, 3.05) is 95.9 Å². The van der Waals surface area contributed by atoms with E-state index in [1.807, 2.05) is 46.8 Å². The van der Waals surface area contributed by atoms with Gasteiger partial charge in [0.2, 0.25) is 11.8 Å². The van der Waals surface area contributed by atoms with Crippen LogP contribution in [0, 0.1) is 30.1 Å². The van der Waals surface area contributed by atoms with Gasteiger partial charge in [-0.05, 0) is 130 Å². The molecule has 0 radical (unpaired) electrons. The molecule has 0 saturated heterocycles. The minimum Gasteiger partial charge on any atom is -0.496 e. The lowest BCUT2D eigenvalue weighted by atomic mass is 9.48. The van der Waals surface area contributed by atoms with Crippen molar-refractivity contribution < 1.29 is 110 Å². The Hall–Kier alpha value is -9.72. The van der Waals surface area contributed by atoms with Gasteiger partial charge in [-0.25, -0.2) is 19.6 Å². The van der Waals surface area contributed by atoms with Crippen LogP contribution in [0.1, 0.15) is 101 Å². The van der Waals surface area contributed by atoms with Crippen molar-refractivity contribution in [3.63, 3.8) is 0 Å². The van der Waals surface area contributed by atoms with Crippen LogP contribution < -0.4 is 35.1 Å². The van der Waals surface area contributed by atoms with Crippen molar-refractivity contribution >= 4 is 90.2 Å². The first-order valence-corrected chi connectivity index (χ1v) is 38.4. The summed E-state index contributed by atoms with van der Waals surface area (Å²) in [4.78, 5) is 117. The van der Waals surface area contributed by atoms with Crippen LogP contribution in [-0.2, 0) is 79.2 Å². The molecule has 3 aromatic carbocycles. The van der Waals surface area contributed by atoms with Gasteiger partial charge in [-0.3, -0.25) is 48.2 Å². The van der Waals surface area contributed by atoms with Gasteiger partial charge in [-0.2, -0.15) is 13.5 Å². The first kappa shape index (κ1) is 78.8. The zero-order valence-corrected chi connectivity index (χ0v) is 61.9. The van der Waals surface area contributed by atoms with Gasteiger partial charge in [0.1, 0.15) is 60.6 Å². The van der Waals surface area contributed by atoms with E-state index in [1.54, 1.807) is 31.5 Å². The number of para-hydroxylation sites is 1. The molecule has 8 atom stereocenters. The van der Waals surface area contributed by atoms with E-state index in [0.29, 0.717) is 64.7 Å². The van der Waals surface area contributed by atoms with Crippen molar-refractivity contribution in [2.24, 2.45) is 23.2 Å². The fourth-order valence-corrected chi connectivity index (χ4v) is 17.7. The molecule has 4 bridgehead atoms. The van der Waals surface area contributed by atoms with Crippen LogP contribution >= 0.6 is 11.3 Å². The molecule has 7 aliphatic rings.